The van der Waals surface area contributed by atoms with Crippen molar-refractivity contribution in [2.24, 2.45) is 5.92 Å². The molecule has 0 aromatic carbocycles. The number of hydrogen-bond donors (Lipinski definition) is 1. The smallest absolute Gasteiger partial charge is 0.383 e. The van der Waals surface area contributed by atoms with Crippen LogP contribution in [0.5, 0.6) is 0 Å². The Morgan fingerprint density at radius 2 is 1.82 bits per heavy atom. The predicted octanol–water partition coefficient (Wildman–Crippen LogP) is 3.83. The number of nitrogens with two attached hydrogens (primary N) is 1. The molecule has 2 fully saturated rings. The number of pyridine rings is 1. The lowest BCUT2D eigenvalue weighted by Gasteiger charge is -2.29. The van der Waals surface area contributed by atoms with Crippen molar-refractivity contribution in [2.45, 2.75) is 49.9 Å². The Morgan fingerprint density at radius 1 is 1.06 bits per heavy atom. The minimum Gasteiger partial charge on any atom is -0.383 e. The molecule has 7 nitrogen and oxygen atoms in total. The zero-order chi connectivity index (χ0) is 22.8. The summed E-state index contributed by atoms with van der Waals surface area (Å²) in [5.74, 6) is 0.957. The summed E-state index contributed by atoms with van der Waals surface area (Å²) in [7, 11) is 0. The topological polar surface area (TPSA) is 85.8 Å². The van der Waals surface area contributed by atoms with Crippen molar-refractivity contribution >= 4 is 5.82 Å². The van der Waals surface area contributed by atoms with Gasteiger partial charge in [-0.1, -0.05) is 0 Å². The van der Waals surface area contributed by atoms with Crippen molar-refractivity contribution in [3.8, 4) is 11.3 Å². The molecule has 172 valence electrons. The number of nitrogens with zero attached hydrogens (tertiary/aromatic N) is 6. The van der Waals surface area contributed by atoms with Crippen LogP contribution in [0.15, 0.2) is 36.8 Å². The molecule has 33 heavy (non-hydrogen) atoms. The van der Waals surface area contributed by atoms with E-state index < -0.39 is 17.6 Å². The third-order valence-electron chi connectivity index (χ3n) is 7.34. The molecule has 3 aliphatic rings. The Bertz CT molecular complexity index is 1190. The summed E-state index contributed by atoms with van der Waals surface area (Å²) in [6.07, 6.45) is 4.77. The highest BCUT2D eigenvalue weighted by Gasteiger charge is 2.50. The lowest BCUT2D eigenvalue weighted by Crippen LogP contribution is -2.33. The number of aryl methyl sites for hydroxylation is 1. The summed E-state index contributed by atoms with van der Waals surface area (Å²) in [5, 5.41) is 4.63. The highest BCUT2D eigenvalue weighted by Crippen LogP contribution is 2.50. The number of nitrogen functional groups attached to an aromatic ring is 1. The maximum atomic E-state index is 13.3. The van der Waals surface area contributed by atoms with Crippen LogP contribution in [-0.4, -0.2) is 42.7 Å². The van der Waals surface area contributed by atoms with Gasteiger partial charge in [-0.3, -0.25) is 9.58 Å². The first-order chi connectivity index (χ1) is 15.8. The summed E-state index contributed by atoms with van der Waals surface area (Å²) < 4.78 is 41.9. The van der Waals surface area contributed by atoms with Crippen LogP contribution < -0.4 is 5.73 Å². The second kappa shape index (κ2) is 7.24. The molecule has 1 unspecified atom stereocenters. The van der Waals surface area contributed by atoms with Gasteiger partial charge in [-0.05, 0) is 56.3 Å². The molecule has 1 spiro atoms. The predicted molar refractivity (Wildman–Crippen MR) is 115 cm³/mol. The average Bonchev–Trinajstić information content (AvgIpc) is 3.24. The molecule has 1 saturated carbocycles. The molecule has 3 aromatic heterocycles. The molecule has 3 aromatic rings. The van der Waals surface area contributed by atoms with Gasteiger partial charge in [-0.25, -0.2) is 15.0 Å². The lowest BCUT2D eigenvalue weighted by atomic mass is 9.82. The molecule has 0 radical (unpaired) electrons. The van der Waals surface area contributed by atoms with Crippen LogP contribution in [0.25, 0.3) is 11.3 Å². The van der Waals surface area contributed by atoms with Crippen molar-refractivity contribution in [2.75, 3.05) is 18.8 Å². The van der Waals surface area contributed by atoms with E-state index in [0.29, 0.717) is 17.2 Å². The first-order valence-electron chi connectivity index (χ1n) is 11.3. The van der Waals surface area contributed by atoms with Crippen LogP contribution in [0.2, 0.25) is 0 Å². The number of fused-ring (bicyclic) bond motifs is 2. The molecule has 0 amide bonds. The molecule has 1 saturated heterocycles. The fourth-order valence-corrected chi connectivity index (χ4v) is 5.55. The maximum absolute atomic E-state index is 13.3. The monoisotopic (exact) mass is 455 g/mol. The molecular weight excluding hydrogens is 431 g/mol. The van der Waals surface area contributed by atoms with E-state index in [1.165, 1.54) is 19.0 Å². The quantitative estimate of drug-likeness (QED) is 0.644. The summed E-state index contributed by atoms with van der Waals surface area (Å²) in [6.45, 7) is 2.58. The maximum Gasteiger partial charge on any atom is 0.419 e. The molecule has 5 heterocycles. The minimum absolute atomic E-state index is 0.0543. The number of halogens is 3. The molecule has 0 bridgehead atoms. The average molecular weight is 455 g/mol. The van der Waals surface area contributed by atoms with Crippen LogP contribution in [0.3, 0.4) is 0 Å². The van der Waals surface area contributed by atoms with Gasteiger partial charge in [0.2, 0.25) is 0 Å². The number of anilines is 1. The molecular formula is C23H24F3N7. The van der Waals surface area contributed by atoms with Crippen LogP contribution in [0.4, 0.5) is 19.0 Å². The van der Waals surface area contributed by atoms with E-state index in [1.54, 1.807) is 12.4 Å². The first-order valence-corrected chi connectivity index (χ1v) is 11.3. The highest BCUT2D eigenvalue weighted by molar-refractivity contribution is 5.63. The van der Waals surface area contributed by atoms with Gasteiger partial charge in [0.15, 0.2) is 0 Å². The number of alkyl halides is 3. The summed E-state index contributed by atoms with van der Waals surface area (Å²) in [6, 6.07) is 5.04. The van der Waals surface area contributed by atoms with E-state index >= 15 is 0 Å². The van der Waals surface area contributed by atoms with Gasteiger partial charge in [0.05, 0.1) is 17.3 Å². The third-order valence-corrected chi connectivity index (χ3v) is 7.34. The fourth-order valence-electron chi connectivity index (χ4n) is 5.55. The van der Waals surface area contributed by atoms with Crippen molar-refractivity contribution in [1.29, 1.82) is 0 Å². The molecule has 2 N–H and O–H groups in total. The number of likely N-dealkylation sites (tertiary alicyclic amines) is 1. The van der Waals surface area contributed by atoms with Gasteiger partial charge in [0.1, 0.15) is 11.6 Å². The number of hydrogen-bond acceptors (Lipinski definition) is 6. The largest absolute Gasteiger partial charge is 0.419 e. The molecule has 1 aliphatic carbocycles. The van der Waals surface area contributed by atoms with Crippen LogP contribution in [0.1, 0.15) is 48.8 Å². The normalized spacial score (nSPS) is 23.8. The molecule has 2 aliphatic heterocycles. The van der Waals surface area contributed by atoms with E-state index in [2.05, 4.69) is 25.0 Å². The van der Waals surface area contributed by atoms with Crippen molar-refractivity contribution in [1.82, 2.24) is 29.6 Å². The highest BCUT2D eigenvalue weighted by atomic mass is 19.4. The van der Waals surface area contributed by atoms with Gasteiger partial charge in [0, 0.05) is 48.4 Å². The zero-order valence-corrected chi connectivity index (χ0v) is 18.0. The van der Waals surface area contributed by atoms with E-state index in [0.717, 1.165) is 50.1 Å². The Balaban J connectivity index is 1.30. The van der Waals surface area contributed by atoms with Gasteiger partial charge in [-0.2, -0.15) is 18.3 Å². The van der Waals surface area contributed by atoms with E-state index in [-0.39, 0.29) is 11.5 Å². The fraction of sp³-hybridized carbons (Fsp3) is 0.478. The van der Waals surface area contributed by atoms with Crippen LogP contribution in [-0.2, 0) is 18.1 Å². The van der Waals surface area contributed by atoms with E-state index in [1.807, 2.05) is 16.8 Å². The second-order valence-electron chi connectivity index (χ2n) is 9.43. The van der Waals surface area contributed by atoms with Gasteiger partial charge in [0.25, 0.3) is 0 Å². The van der Waals surface area contributed by atoms with Gasteiger partial charge < -0.3 is 5.73 Å². The summed E-state index contributed by atoms with van der Waals surface area (Å²) in [5.41, 5.74) is 6.42. The zero-order valence-electron chi connectivity index (χ0n) is 18.0. The SMILES string of the molecule is Nc1ncc(-c2cc3n(n2)CC[C@@]32CCN(C(c3ncccn3)C3CC3)C2)cc1C(F)(F)F. The molecule has 10 heteroatoms. The Labute approximate surface area is 188 Å². The van der Waals surface area contributed by atoms with Gasteiger partial charge >= 0.3 is 6.18 Å². The third kappa shape index (κ3) is 3.47. The summed E-state index contributed by atoms with van der Waals surface area (Å²) in [4.78, 5) is 15.4. The first kappa shape index (κ1) is 20.6. The number of aromatic nitrogens is 5. The Hall–Kier alpha value is -3.01. The molecule has 6 rings (SSSR count). The van der Waals surface area contributed by atoms with Crippen LogP contribution >= 0.6 is 0 Å². The number of rotatable bonds is 4. The minimum atomic E-state index is -4.56. The van der Waals surface area contributed by atoms with Gasteiger partial charge in [-0.15, -0.1) is 0 Å². The van der Waals surface area contributed by atoms with Crippen molar-refractivity contribution in [3.05, 3.63) is 53.9 Å². The second-order valence-corrected chi connectivity index (χ2v) is 9.43. The Morgan fingerprint density at radius 3 is 2.55 bits per heavy atom. The van der Waals surface area contributed by atoms with Crippen LogP contribution in [0, 0.1) is 5.92 Å². The standard InChI is InChI=1S/C23H24F3N7/c24-23(25,26)16-10-15(12-30-20(16)27)17-11-18-22(5-9-33(18)31-17)4-8-32(13-22)19(14-2-3-14)21-28-6-1-7-29-21/h1,6-7,10-12,14,19H,2-5,8-9,13H2,(H2,27,30)/t19?,22-/m1/s1. The molecule has 2 atom stereocenters. The Kier molecular flexibility index (Phi) is 4.52. The summed E-state index contributed by atoms with van der Waals surface area (Å²) >= 11 is 0. The lowest BCUT2D eigenvalue weighted by molar-refractivity contribution is -0.137. The van der Waals surface area contributed by atoms with E-state index in [9.17, 15) is 13.2 Å². The van der Waals surface area contributed by atoms with Crippen molar-refractivity contribution < 1.29 is 13.2 Å². The van der Waals surface area contributed by atoms with E-state index in [4.69, 9.17) is 5.73 Å². The van der Waals surface area contributed by atoms with Crippen molar-refractivity contribution in [3.63, 3.8) is 0 Å².